The van der Waals surface area contributed by atoms with Gasteiger partial charge in [-0.1, -0.05) is 128 Å². The van der Waals surface area contributed by atoms with Crippen LogP contribution in [-0.2, 0) is 14.3 Å². The zero-order valence-corrected chi connectivity index (χ0v) is 29.8. The van der Waals surface area contributed by atoms with Crippen LogP contribution in [0.4, 0.5) is 0 Å². The number of rotatable bonds is 30. The molecule has 0 spiro atoms. The molecule has 7 atom stereocenters. The molecule has 1 aliphatic rings. The Hall–Kier alpha value is -1.33. The first-order valence-electron chi connectivity index (χ1n) is 19.1. The van der Waals surface area contributed by atoms with Crippen molar-refractivity contribution in [1.29, 1.82) is 0 Å². The second kappa shape index (κ2) is 29.6. The molecule has 0 saturated carbocycles. The van der Waals surface area contributed by atoms with Gasteiger partial charge in [0.05, 0.1) is 25.4 Å². The molecule has 1 heterocycles. The number of amides is 1. The van der Waals surface area contributed by atoms with Crippen molar-refractivity contribution in [2.75, 3.05) is 13.2 Å². The summed E-state index contributed by atoms with van der Waals surface area (Å²) in [5.74, 6) is -0.190. The van der Waals surface area contributed by atoms with Crippen molar-refractivity contribution in [3.8, 4) is 0 Å². The van der Waals surface area contributed by atoms with Crippen molar-refractivity contribution >= 4 is 5.91 Å². The van der Waals surface area contributed by atoms with E-state index >= 15 is 0 Å². The fourth-order valence-corrected chi connectivity index (χ4v) is 5.85. The number of allylic oxidation sites excluding steroid dienone is 3. The van der Waals surface area contributed by atoms with Gasteiger partial charge < -0.3 is 40.3 Å². The molecule has 9 heteroatoms. The summed E-state index contributed by atoms with van der Waals surface area (Å²) in [6.45, 7) is 3.70. The van der Waals surface area contributed by atoms with Gasteiger partial charge in [-0.2, -0.15) is 0 Å². The van der Waals surface area contributed by atoms with E-state index in [1.54, 1.807) is 6.08 Å². The second-order valence-corrected chi connectivity index (χ2v) is 13.4. The molecule has 47 heavy (non-hydrogen) atoms. The molecule has 2 unspecified atom stereocenters. The van der Waals surface area contributed by atoms with Crippen LogP contribution in [-0.4, -0.2) is 87.5 Å². The molecule has 0 radical (unpaired) electrons. The molecular weight excluding hydrogens is 598 g/mol. The van der Waals surface area contributed by atoms with Crippen molar-refractivity contribution in [3.63, 3.8) is 0 Å². The van der Waals surface area contributed by atoms with E-state index in [4.69, 9.17) is 9.47 Å². The van der Waals surface area contributed by atoms with E-state index in [0.717, 1.165) is 57.8 Å². The second-order valence-electron chi connectivity index (χ2n) is 13.4. The number of aliphatic hydroxyl groups is 5. The van der Waals surface area contributed by atoms with Gasteiger partial charge in [0, 0.05) is 6.42 Å². The fraction of sp³-hybridized carbons (Fsp3) is 0.868. The highest BCUT2D eigenvalue weighted by atomic mass is 16.7. The van der Waals surface area contributed by atoms with Gasteiger partial charge in [-0.3, -0.25) is 4.79 Å². The standard InChI is InChI=1S/C38H71NO8/c1-3-5-7-9-11-13-14-15-16-17-18-20-22-24-26-28-34(42)39-31(32(41)27-25-23-21-19-12-10-8-6-4-2)30-46-38-37(45)36(44)35(43)33(29-40)47-38/h15-16,25,27,31-33,35-38,40-41,43-45H,3-14,17-24,26,28-30H2,1-2H3,(H,39,42)/b16-15-,27-25+/t31-,32+,33+,35+,36?,37?,38+/m0/s1. The molecule has 1 saturated heterocycles. The van der Waals surface area contributed by atoms with E-state index in [1.807, 2.05) is 6.08 Å². The Kier molecular flexibility index (Phi) is 27.5. The average molecular weight is 670 g/mol. The van der Waals surface area contributed by atoms with Gasteiger partial charge in [0.2, 0.25) is 5.91 Å². The topological polar surface area (TPSA) is 149 Å². The van der Waals surface area contributed by atoms with E-state index < -0.39 is 49.5 Å². The summed E-state index contributed by atoms with van der Waals surface area (Å²) in [7, 11) is 0. The van der Waals surface area contributed by atoms with Crippen molar-refractivity contribution in [3.05, 3.63) is 24.3 Å². The monoisotopic (exact) mass is 670 g/mol. The molecule has 6 N–H and O–H groups in total. The van der Waals surface area contributed by atoms with Crippen LogP contribution < -0.4 is 5.32 Å². The third-order valence-electron chi connectivity index (χ3n) is 9.02. The zero-order valence-electron chi connectivity index (χ0n) is 29.8. The minimum Gasteiger partial charge on any atom is -0.394 e. The minimum absolute atomic E-state index is 0.190. The van der Waals surface area contributed by atoms with E-state index in [9.17, 15) is 30.3 Å². The predicted molar refractivity (Wildman–Crippen MR) is 189 cm³/mol. The Bertz CT molecular complexity index is 792. The summed E-state index contributed by atoms with van der Waals surface area (Å²) < 4.78 is 11.1. The molecule has 0 aromatic carbocycles. The van der Waals surface area contributed by atoms with Crippen LogP contribution >= 0.6 is 0 Å². The highest BCUT2D eigenvalue weighted by Crippen LogP contribution is 2.22. The molecule has 9 nitrogen and oxygen atoms in total. The molecule has 0 aliphatic carbocycles. The fourth-order valence-electron chi connectivity index (χ4n) is 5.85. The van der Waals surface area contributed by atoms with Crippen LogP contribution in [0.5, 0.6) is 0 Å². The molecule has 1 rings (SSSR count). The Morgan fingerprint density at radius 1 is 0.702 bits per heavy atom. The average Bonchev–Trinajstić information content (AvgIpc) is 3.07. The van der Waals surface area contributed by atoms with Gasteiger partial charge in [0.1, 0.15) is 24.4 Å². The third-order valence-corrected chi connectivity index (χ3v) is 9.02. The predicted octanol–water partition coefficient (Wildman–Crippen LogP) is 6.38. The van der Waals surface area contributed by atoms with Gasteiger partial charge in [-0.05, 0) is 44.9 Å². The first-order valence-corrected chi connectivity index (χ1v) is 19.1. The SMILES string of the molecule is CCCCCCCC/C=C\CCCCCCCC(=O)N[C@@H](CO[C@@H]1O[C@H](CO)[C@@H](O)C(O)C1O)[C@H](O)/C=C/CCCCCCCCC. The lowest BCUT2D eigenvalue weighted by Gasteiger charge is -2.40. The molecule has 1 aliphatic heterocycles. The van der Waals surface area contributed by atoms with E-state index in [1.165, 1.54) is 77.0 Å². The Labute approximate surface area is 286 Å². The molecular formula is C38H71NO8. The number of carbonyl (C=O) groups is 1. The molecule has 0 bridgehead atoms. The van der Waals surface area contributed by atoms with Crippen LogP contribution in [0.15, 0.2) is 24.3 Å². The van der Waals surface area contributed by atoms with Gasteiger partial charge in [-0.15, -0.1) is 0 Å². The van der Waals surface area contributed by atoms with Crippen molar-refractivity contribution in [2.24, 2.45) is 0 Å². The first kappa shape index (κ1) is 43.7. The lowest BCUT2D eigenvalue weighted by atomic mass is 9.99. The van der Waals surface area contributed by atoms with Gasteiger partial charge >= 0.3 is 0 Å². The Balaban J connectivity index is 2.44. The molecule has 0 aromatic heterocycles. The van der Waals surface area contributed by atoms with E-state index in [2.05, 4.69) is 31.3 Å². The largest absolute Gasteiger partial charge is 0.394 e. The quantitative estimate of drug-likeness (QED) is 0.0381. The molecule has 1 fully saturated rings. The number of unbranched alkanes of at least 4 members (excludes halogenated alkanes) is 18. The highest BCUT2D eigenvalue weighted by Gasteiger charge is 2.44. The number of hydrogen-bond donors (Lipinski definition) is 6. The summed E-state index contributed by atoms with van der Waals surface area (Å²) in [5.41, 5.74) is 0. The summed E-state index contributed by atoms with van der Waals surface area (Å²) in [5, 5.41) is 53.7. The molecule has 276 valence electrons. The number of hydrogen-bond acceptors (Lipinski definition) is 8. The summed E-state index contributed by atoms with van der Waals surface area (Å²) in [6, 6.07) is -0.803. The molecule has 1 amide bonds. The van der Waals surface area contributed by atoms with Crippen molar-refractivity contribution in [1.82, 2.24) is 5.32 Å². The lowest BCUT2D eigenvalue weighted by molar-refractivity contribution is -0.302. The van der Waals surface area contributed by atoms with Crippen LogP contribution in [0.25, 0.3) is 0 Å². The maximum absolute atomic E-state index is 12.8. The van der Waals surface area contributed by atoms with Crippen molar-refractivity contribution in [2.45, 2.75) is 198 Å². The third kappa shape index (κ3) is 21.4. The van der Waals surface area contributed by atoms with Crippen LogP contribution in [0.3, 0.4) is 0 Å². The highest BCUT2D eigenvalue weighted by molar-refractivity contribution is 5.76. The number of ether oxygens (including phenoxy) is 2. The summed E-state index contributed by atoms with van der Waals surface area (Å²) >= 11 is 0. The maximum Gasteiger partial charge on any atom is 0.220 e. The lowest BCUT2D eigenvalue weighted by Crippen LogP contribution is -2.60. The number of nitrogens with one attached hydrogen (secondary N) is 1. The Morgan fingerprint density at radius 2 is 1.19 bits per heavy atom. The smallest absolute Gasteiger partial charge is 0.220 e. The van der Waals surface area contributed by atoms with Crippen molar-refractivity contribution < 1.29 is 39.8 Å². The van der Waals surface area contributed by atoms with Gasteiger partial charge in [0.25, 0.3) is 0 Å². The normalized spacial score (nSPS) is 23.1. The van der Waals surface area contributed by atoms with Crippen LogP contribution in [0, 0.1) is 0 Å². The Morgan fingerprint density at radius 3 is 1.72 bits per heavy atom. The van der Waals surface area contributed by atoms with Gasteiger partial charge in [0.15, 0.2) is 6.29 Å². The van der Waals surface area contributed by atoms with E-state index in [0.29, 0.717) is 6.42 Å². The van der Waals surface area contributed by atoms with Gasteiger partial charge in [-0.25, -0.2) is 0 Å². The minimum atomic E-state index is -1.56. The summed E-state index contributed by atoms with van der Waals surface area (Å²) in [6.07, 6.45) is 25.1. The zero-order chi connectivity index (χ0) is 34.5. The maximum atomic E-state index is 12.8. The number of aliphatic hydroxyl groups excluding tert-OH is 5. The molecule has 0 aromatic rings. The van der Waals surface area contributed by atoms with Crippen LogP contribution in [0.2, 0.25) is 0 Å². The summed E-state index contributed by atoms with van der Waals surface area (Å²) in [4.78, 5) is 12.8. The number of carbonyl (C=O) groups excluding carboxylic acids is 1. The first-order chi connectivity index (χ1) is 22.8. The van der Waals surface area contributed by atoms with Crippen LogP contribution in [0.1, 0.15) is 155 Å². The van der Waals surface area contributed by atoms with E-state index in [-0.39, 0.29) is 12.5 Å².